The van der Waals surface area contributed by atoms with Crippen molar-refractivity contribution in [3.63, 3.8) is 0 Å². The van der Waals surface area contributed by atoms with E-state index in [4.69, 9.17) is 14.6 Å². The largest absolute Gasteiger partial charge is 0.481 e. The molecule has 0 bridgehead atoms. The summed E-state index contributed by atoms with van der Waals surface area (Å²) in [6.45, 7) is 3.40. The molecule has 0 amide bonds. The zero-order valence-electron chi connectivity index (χ0n) is 11.5. The van der Waals surface area contributed by atoms with Crippen LogP contribution in [-0.2, 0) is 20.0 Å². The SMILES string of the molecule is CC(C)(CC(=O)O)c1cc2c(cc1S(C)(=O)=O)OCO2. The van der Waals surface area contributed by atoms with Crippen molar-refractivity contribution in [2.75, 3.05) is 13.0 Å². The topological polar surface area (TPSA) is 89.9 Å². The molecule has 0 aliphatic carbocycles. The molecule has 0 radical (unpaired) electrons. The van der Waals surface area contributed by atoms with Gasteiger partial charge in [-0.25, -0.2) is 8.42 Å². The number of benzene rings is 1. The lowest BCUT2D eigenvalue weighted by Gasteiger charge is -2.25. The van der Waals surface area contributed by atoms with Crippen molar-refractivity contribution in [1.29, 1.82) is 0 Å². The van der Waals surface area contributed by atoms with Gasteiger partial charge >= 0.3 is 5.97 Å². The number of sulfone groups is 1. The van der Waals surface area contributed by atoms with Crippen molar-refractivity contribution in [3.05, 3.63) is 17.7 Å². The van der Waals surface area contributed by atoms with Gasteiger partial charge in [0.2, 0.25) is 6.79 Å². The Kier molecular flexibility index (Phi) is 3.41. The first-order valence-corrected chi connectivity index (χ1v) is 7.86. The first-order chi connectivity index (χ1) is 9.11. The molecule has 0 unspecified atom stereocenters. The van der Waals surface area contributed by atoms with Crippen LogP contribution in [-0.4, -0.2) is 32.5 Å². The second-order valence-electron chi connectivity index (χ2n) is 5.43. The molecule has 0 spiro atoms. The molecule has 0 atom stereocenters. The summed E-state index contributed by atoms with van der Waals surface area (Å²) in [4.78, 5) is 11.1. The van der Waals surface area contributed by atoms with Crippen molar-refractivity contribution in [1.82, 2.24) is 0 Å². The quantitative estimate of drug-likeness (QED) is 0.907. The molecule has 110 valence electrons. The van der Waals surface area contributed by atoms with E-state index in [1.807, 2.05) is 0 Å². The zero-order chi connectivity index (χ0) is 15.1. The van der Waals surface area contributed by atoms with E-state index in [1.165, 1.54) is 6.07 Å². The lowest BCUT2D eigenvalue weighted by atomic mass is 9.81. The monoisotopic (exact) mass is 300 g/mol. The number of carbonyl (C=O) groups is 1. The Labute approximate surface area is 117 Å². The van der Waals surface area contributed by atoms with E-state index in [0.29, 0.717) is 17.1 Å². The van der Waals surface area contributed by atoms with Crippen LogP contribution < -0.4 is 9.47 Å². The lowest BCUT2D eigenvalue weighted by Crippen LogP contribution is -2.24. The average Bonchev–Trinajstić information content (AvgIpc) is 2.71. The fourth-order valence-corrected chi connectivity index (χ4v) is 3.29. The molecule has 6 nitrogen and oxygen atoms in total. The Morgan fingerprint density at radius 2 is 1.85 bits per heavy atom. The maximum absolute atomic E-state index is 11.9. The molecule has 1 aliphatic heterocycles. The number of aliphatic carboxylic acids is 1. The Hall–Kier alpha value is -1.76. The summed E-state index contributed by atoms with van der Waals surface area (Å²) < 4.78 is 34.3. The minimum atomic E-state index is -3.50. The molecule has 0 fully saturated rings. The summed E-state index contributed by atoms with van der Waals surface area (Å²) >= 11 is 0. The van der Waals surface area contributed by atoms with Gasteiger partial charge in [0.25, 0.3) is 0 Å². The molecule has 0 saturated carbocycles. The predicted octanol–water partition coefficient (Wildman–Crippen LogP) is 1.57. The molecule has 1 aliphatic rings. The van der Waals surface area contributed by atoms with Crippen molar-refractivity contribution in [3.8, 4) is 11.5 Å². The number of carboxylic acids is 1. The van der Waals surface area contributed by atoms with Gasteiger partial charge < -0.3 is 14.6 Å². The number of hydrogen-bond acceptors (Lipinski definition) is 5. The summed E-state index contributed by atoms with van der Waals surface area (Å²) in [6, 6.07) is 2.96. The van der Waals surface area contributed by atoms with Gasteiger partial charge in [-0.1, -0.05) is 13.8 Å². The van der Waals surface area contributed by atoms with Crippen molar-refractivity contribution >= 4 is 15.8 Å². The average molecular weight is 300 g/mol. The third-order valence-electron chi connectivity index (χ3n) is 3.20. The lowest BCUT2D eigenvalue weighted by molar-refractivity contribution is -0.138. The highest BCUT2D eigenvalue weighted by molar-refractivity contribution is 7.90. The van der Waals surface area contributed by atoms with E-state index in [9.17, 15) is 13.2 Å². The smallest absolute Gasteiger partial charge is 0.304 e. The first-order valence-electron chi connectivity index (χ1n) is 5.97. The molecule has 0 saturated heterocycles. The van der Waals surface area contributed by atoms with Crippen molar-refractivity contribution in [2.45, 2.75) is 30.6 Å². The van der Waals surface area contributed by atoms with Crippen molar-refractivity contribution in [2.24, 2.45) is 0 Å². The molecule has 1 aromatic rings. The van der Waals surface area contributed by atoms with Gasteiger partial charge in [0.15, 0.2) is 21.3 Å². The van der Waals surface area contributed by atoms with E-state index in [1.54, 1.807) is 19.9 Å². The van der Waals surface area contributed by atoms with Crippen molar-refractivity contribution < 1.29 is 27.8 Å². The summed E-state index contributed by atoms with van der Waals surface area (Å²) in [6.07, 6.45) is 0.903. The van der Waals surface area contributed by atoms with Crippen LogP contribution >= 0.6 is 0 Å². The van der Waals surface area contributed by atoms with Crippen LogP contribution in [0.15, 0.2) is 17.0 Å². The number of carboxylic acid groups (broad SMARTS) is 1. The molecule has 1 aromatic carbocycles. The highest BCUT2D eigenvalue weighted by Gasteiger charge is 2.32. The number of hydrogen-bond donors (Lipinski definition) is 1. The first kappa shape index (κ1) is 14.6. The molecule has 1 N–H and O–H groups in total. The zero-order valence-corrected chi connectivity index (χ0v) is 12.3. The summed E-state index contributed by atoms with van der Waals surface area (Å²) in [7, 11) is -3.50. The fourth-order valence-electron chi connectivity index (χ4n) is 2.23. The third kappa shape index (κ3) is 2.72. The van der Waals surface area contributed by atoms with E-state index in [2.05, 4.69) is 0 Å². The van der Waals surface area contributed by atoms with Crippen LogP contribution in [0.25, 0.3) is 0 Å². The number of ether oxygens (including phenoxy) is 2. The van der Waals surface area contributed by atoms with E-state index >= 15 is 0 Å². The van der Waals surface area contributed by atoms with Crippen LogP contribution in [0.1, 0.15) is 25.8 Å². The van der Waals surface area contributed by atoms with Gasteiger partial charge in [0, 0.05) is 17.7 Å². The molecule has 0 aromatic heterocycles. The minimum Gasteiger partial charge on any atom is -0.481 e. The van der Waals surface area contributed by atoms with E-state index in [-0.39, 0.29) is 18.1 Å². The normalized spacial score (nSPS) is 14.3. The van der Waals surface area contributed by atoms with Crippen LogP contribution in [0.3, 0.4) is 0 Å². The number of fused-ring (bicyclic) bond motifs is 1. The maximum Gasteiger partial charge on any atom is 0.304 e. The molecule has 2 rings (SSSR count). The molecule has 20 heavy (non-hydrogen) atoms. The van der Waals surface area contributed by atoms with Gasteiger partial charge in [-0.05, 0) is 11.6 Å². The fraction of sp³-hybridized carbons (Fsp3) is 0.462. The summed E-state index contributed by atoms with van der Waals surface area (Å²) in [5.41, 5.74) is -0.419. The second-order valence-corrected chi connectivity index (χ2v) is 7.41. The van der Waals surface area contributed by atoms with Crippen LogP contribution in [0.5, 0.6) is 11.5 Å². The van der Waals surface area contributed by atoms with E-state index in [0.717, 1.165) is 6.26 Å². The molecular formula is C13H16O6S. The van der Waals surface area contributed by atoms with Gasteiger partial charge in [0.1, 0.15) is 0 Å². The molecule has 7 heteroatoms. The molecule has 1 heterocycles. The highest BCUT2D eigenvalue weighted by Crippen LogP contribution is 2.41. The third-order valence-corrected chi connectivity index (χ3v) is 4.33. The molecular weight excluding hydrogens is 284 g/mol. The minimum absolute atomic E-state index is 0.0291. The second kappa shape index (κ2) is 4.66. The Morgan fingerprint density at radius 3 is 2.35 bits per heavy atom. The highest BCUT2D eigenvalue weighted by atomic mass is 32.2. The predicted molar refractivity (Wildman–Crippen MR) is 71.0 cm³/mol. The number of rotatable bonds is 4. The van der Waals surface area contributed by atoms with Gasteiger partial charge in [0.05, 0.1) is 11.3 Å². The standard InChI is InChI=1S/C13H16O6S/c1-13(2,6-12(14)15)8-4-9-10(19-7-18-9)5-11(8)20(3,16)17/h4-5H,6-7H2,1-3H3,(H,14,15). The van der Waals surface area contributed by atoms with Gasteiger partial charge in [-0.3, -0.25) is 4.79 Å². The summed E-state index contributed by atoms with van der Waals surface area (Å²) in [5.74, 6) is -0.196. The van der Waals surface area contributed by atoms with Crippen LogP contribution in [0, 0.1) is 0 Å². The Balaban J connectivity index is 2.65. The van der Waals surface area contributed by atoms with E-state index < -0.39 is 21.2 Å². The van der Waals surface area contributed by atoms with Crippen LogP contribution in [0.2, 0.25) is 0 Å². The Morgan fingerprint density at radius 1 is 1.30 bits per heavy atom. The summed E-state index contributed by atoms with van der Waals surface area (Å²) in [5, 5.41) is 8.99. The maximum atomic E-state index is 11.9. The van der Waals surface area contributed by atoms with Crippen LogP contribution in [0.4, 0.5) is 0 Å². The Bertz CT molecular complexity index is 660. The van der Waals surface area contributed by atoms with Gasteiger partial charge in [-0.2, -0.15) is 0 Å². The van der Waals surface area contributed by atoms with Gasteiger partial charge in [-0.15, -0.1) is 0 Å².